The van der Waals surface area contributed by atoms with Crippen molar-refractivity contribution in [1.29, 1.82) is 0 Å². The molecule has 4 aliphatic rings. The Morgan fingerprint density at radius 2 is 2.12 bits per heavy atom. The van der Waals surface area contributed by atoms with Crippen molar-refractivity contribution in [2.75, 3.05) is 26.2 Å². The fraction of sp³-hybridized carbons (Fsp3) is 0.857. The monoisotopic (exact) mass is 493 g/mol. The molecule has 2 aliphatic carbocycles. The van der Waals surface area contributed by atoms with Gasteiger partial charge >= 0.3 is 0 Å². The minimum atomic E-state index is -0.615. The van der Waals surface area contributed by atoms with Crippen LogP contribution in [-0.2, 0) is 4.74 Å². The van der Waals surface area contributed by atoms with Gasteiger partial charge < -0.3 is 25.8 Å². The van der Waals surface area contributed by atoms with Crippen LogP contribution >= 0.6 is 11.6 Å². The smallest absolute Gasteiger partial charge is 0.0641 e. The molecule has 5 unspecified atom stereocenters. The number of allylic oxidation sites excluding steroid dienone is 2. The summed E-state index contributed by atoms with van der Waals surface area (Å²) in [6, 6.07) is 0.860. The van der Waals surface area contributed by atoms with E-state index in [1.165, 1.54) is 18.5 Å². The topological polar surface area (TPSA) is 65.5 Å². The number of piperidine rings is 1. The number of alkyl halides is 1. The van der Waals surface area contributed by atoms with E-state index in [4.69, 9.17) is 16.3 Å². The molecule has 3 fully saturated rings. The Morgan fingerprint density at radius 1 is 1.26 bits per heavy atom. The molecule has 0 aromatic carbocycles. The first-order valence-corrected chi connectivity index (χ1v) is 14.3. The largest absolute Gasteiger partial charge is 0.390 e. The zero-order valence-corrected chi connectivity index (χ0v) is 22.4. The molecule has 6 heteroatoms. The van der Waals surface area contributed by atoms with Gasteiger partial charge in [-0.2, -0.15) is 0 Å². The van der Waals surface area contributed by atoms with E-state index in [1.54, 1.807) is 5.57 Å². The normalized spacial score (nSPS) is 36.7. The van der Waals surface area contributed by atoms with Crippen molar-refractivity contribution in [3.8, 4) is 0 Å². The molecule has 0 aromatic rings. The van der Waals surface area contributed by atoms with Gasteiger partial charge in [-0.3, -0.25) is 0 Å². The third-order valence-electron chi connectivity index (χ3n) is 8.65. The average Bonchev–Trinajstić information content (AvgIpc) is 2.96. The summed E-state index contributed by atoms with van der Waals surface area (Å²) in [7, 11) is 0. The van der Waals surface area contributed by atoms with Gasteiger partial charge in [0.25, 0.3) is 0 Å². The number of aliphatic hydroxyl groups is 1. The summed E-state index contributed by atoms with van der Waals surface area (Å²) in [6.07, 6.45) is 15.0. The summed E-state index contributed by atoms with van der Waals surface area (Å²) in [4.78, 5) is 0. The Kier molecular flexibility index (Phi) is 9.42. The second kappa shape index (κ2) is 12.1. The van der Waals surface area contributed by atoms with Gasteiger partial charge in [0.2, 0.25) is 0 Å². The van der Waals surface area contributed by atoms with Crippen LogP contribution in [0.1, 0.15) is 78.6 Å². The van der Waals surface area contributed by atoms with E-state index in [0.29, 0.717) is 41.3 Å². The summed E-state index contributed by atoms with van der Waals surface area (Å²) in [5.74, 6) is 1.38. The summed E-state index contributed by atoms with van der Waals surface area (Å²) < 4.78 is 6.48. The van der Waals surface area contributed by atoms with Crippen molar-refractivity contribution >= 4 is 11.6 Å². The lowest BCUT2D eigenvalue weighted by molar-refractivity contribution is -0.0564. The zero-order chi connectivity index (χ0) is 24.1. The van der Waals surface area contributed by atoms with Crippen molar-refractivity contribution in [1.82, 2.24) is 16.0 Å². The van der Waals surface area contributed by atoms with E-state index in [1.807, 2.05) is 13.8 Å². The molecule has 2 heterocycles. The highest BCUT2D eigenvalue weighted by atomic mass is 35.5. The molecule has 7 atom stereocenters. The minimum Gasteiger partial charge on any atom is -0.390 e. The summed E-state index contributed by atoms with van der Waals surface area (Å²) >= 11 is 6.21. The first-order valence-electron chi connectivity index (χ1n) is 13.9. The van der Waals surface area contributed by atoms with Crippen molar-refractivity contribution < 1.29 is 9.84 Å². The second-order valence-electron chi connectivity index (χ2n) is 11.8. The van der Waals surface area contributed by atoms with Gasteiger partial charge in [0, 0.05) is 35.6 Å². The Labute approximate surface area is 212 Å². The van der Waals surface area contributed by atoms with E-state index in [-0.39, 0.29) is 0 Å². The van der Waals surface area contributed by atoms with Gasteiger partial charge in [-0.05, 0) is 103 Å². The van der Waals surface area contributed by atoms with E-state index in [0.717, 1.165) is 71.2 Å². The van der Waals surface area contributed by atoms with Crippen LogP contribution in [-0.4, -0.2) is 60.5 Å². The molecular formula is C28H48ClN3O2. The second-order valence-corrected chi connectivity index (χ2v) is 12.4. The quantitative estimate of drug-likeness (QED) is 0.228. The third kappa shape index (κ3) is 7.00. The maximum absolute atomic E-state index is 10.8. The molecule has 0 aromatic heterocycles. The van der Waals surface area contributed by atoms with Crippen molar-refractivity contribution in [3.05, 3.63) is 23.4 Å². The van der Waals surface area contributed by atoms with Crippen molar-refractivity contribution in [3.63, 3.8) is 0 Å². The van der Waals surface area contributed by atoms with Crippen LogP contribution in [0.2, 0.25) is 0 Å². The van der Waals surface area contributed by atoms with Crippen LogP contribution in [0.15, 0.2) is 23.4 Å². The van der Waals surface area contributed by atoms with Gasteiger partial charge in [0.15, 0.2) is 0 Å². The van der Waals surface area contributed by atoms with Gasteiger partial charge in [-0.15, -0.1) is 11.6 Å². The number of ether oxygens (including phenoxy) is 1. The van der Waals surface area contributed by atoms with Gasteiger partial charge in [-0.25, -0.2) is 0 Å². The van der Waals surface area contributed by atoms with E-state index in [2.05, 4.69) is 35.0 Å². The van der Waals surface area contributed by atoms with Gasteiger partial charge in [-0.1, -0.05) is 17.7 Å². The lowest BCUT2D eigenvalue weighted by Gasteiger charge is -2.42. The number of hydrogen-bond acceptors (Lipinski definition) is 5. The first-order chi connectivity index (χ1) is 16.3. The number of hydrogen-bond donors (Lipinski definition) is 4. The Hall–Kier alpha value is -0.590. The summed E-state index contributed by atoms with van der Waals surface area (Å²) in [5.41, 5.74) is 2.35. The molecule has 1 saturated carbocycles. The SMILES string of the molecule is CC(CNCC/C=C1\C2CCCN[C@@H]2COC2CCC(C(C)(C)O)C[C@H]12)NC1=CCC(Cl)CC1. The molecule has 2 aliphatic heterocycles. The number of fused-ring (bicyclic) bond motifs is 2. The molecule has 4 rings (SSSR count). The van der Waals surface area contributed by atoms with Gasteiger partial charge in [0.1, 0.15) is 0 Å². The van der Waals surface area contributed by atoms with Crippen LogP contribution in [0.4, 0.5) is 0 Å². The highest BCUT2D eigenvalue weighted by Crippen LogP contribution is 2.46. The predicted octanol–water partition coefficient (Wildman–Crippen LogP) is 4.50. The van der Waals surface area contributed by atoms with Crippen LogP contribution < -0.4 is 16.0 Å². The van der Waals surface area contributed by atoms with Crippen LogP contribution in [0.5, 0.6) is 0 Å². The standard InChI is InChI=1S/C28H48ClN3O2/c1-19(32-22-11-9-21(29)10-12-22)17-30-14-4-6-23-24-7-5-15-31-26(24)18-34-27-13-8-20(16-25(23)27)28(2,3)33/h6,11,19-21,24-27,30-33H,4-5,7-10,12-18H2,1-3H3/b23-6+/t19?,20?,21?,24?,25-,26-,27?/m1/s1. The maximum atomic E-state index is 10.8. The van der Waals surface area contributed by atoms with Crippen molar-refractivity contribution in [2.45, 2.75) is 108 Å². The summed E-state index contributed by atoms with van der Waals surface area (Å²) in [6.45, 7) is 10.1. The zero-order valence-electron chi connectivity index (χ0n) is 21.6. The molecule has 194 valence electrons. The minimum absolute atomic E-state index is 0.308. The number of halogens is 1. The molecule has 0 spiro atoms. The molecular weight excluding hydrogens is 446 g/mol. The fourth-order valence-electron chi connectivity index (χ4n) is 6.63. The van der Waals surface area contributed by atoms with Crippen molar-refractivity contribution in [2.24, 2.45) is 17.8 Å². The van der Waals surface area contributed by atoms with Gasteiger partial charge in [0.05, 0.1) is 18.3 Å². The van der Waals surface area contributed by atoms with Crippen LogP contribution in [0.25, 0.3) is 0 Å². The van der Waals surface area contributed by atoms with E-state index >= 15 is 0 Å². The van der Waals surface area contributed by atoms with Crippen LogP contribution in [0, 0.1) is 17.8 Å². The highest BCUT2D eigenvalue weighted by Gasteiger charge is 2.44. The fourth-order valence-corrected chi connectivity index (χ4v) is 6.83. The van der Waals surface area contributed by atoms with E-state index < -0.39 is 5.60 Å². The van der Waals surface area contributed by atoms with E-state index in [9.17, 15) is 5.11 Å². The Bertz CT molecular complexity index is 719. The summed E-state index contributed by atoms with van der Waals surface area (Å²) in [5, 5.41) is 22.1. The first kappa shape index (κ1) is 26.5. The lowest BCUT2D eigenvalue weighted by atomic mass is 9.67. The molecule has 0 amide bonds. The Morgan fingerprint density at radius 3 is 2.88 bits per heavy atom. The highest BCUT2D eigenvalue weighted by molar-refractivity contribution is 6.20. The molecule has 34 heavy (non-hydrogen) atoms. The number of nitrogens with one attached hydrogen (secondary N) is 3. The third-order valence-corrected chi connectivity index (χ3v) is 9.04. The predicted molar refractivity (Wildman–Crippen MR) is 141 cm³/mol. The molecule has 5 nitrogen and oxygen atoms in total. The number of rotatable bonds is 8. The molecule has 4 N–H and O–H groups in total. The molecule has 0 bridgehead atoms. The Balaban J connectivity index is 1.34. The average molecular weight is 494 g/mol. The maximum Gasteiger partial charge on any atom is 0.0641 e. The molecule has 0 radical (unpaired) electrons. The molecule has 2 saturated heterocycles. The van der Waals surface area contributed by atoms with Crippen LogP contribution in [0.3, 0.4) is 0 Å². The lowest BCUT2D eigenvalue weighted by Crippen LogP contribution is -2.44.